The summed E-state index contributed by atoms with van der Waals surface area (Å²) in [6.45, 7) is 0. The zero-order valence-electron chi connectivity index (χ0n) is 8.74. The fraction of sp³-hybridized carbons (Fsp3) is 0.273. The minimum atomic E-state index is -1.34. The van der Waals surface area contributed by atoms with Crippen LogP contribution in [0, 0.1) is 5.41 Å². The number of rotatable bonds is 3. The molecule has 1 saturated carbocycles. The Labute approximate surface area is 108 Å². The van der Waals surface area contributed by atoms with Crippen LogP contribution in [-0.2, 0) is 9.59 Å². The normalized spacial score (nSPS) is 20.9. The average Bonchev–Trinajstić information content (AvgIpc) is 2.93. The van der Waals surface area contributed by atoms with Crippen molar-refractivity contribution >= 4 is 35.0 Å². The molecule has 1 aromatic rings. The van der Waals surface area contributed by atoms with Gasteiger partial charge in [0.2, 0.25) is 11.8 Å². The highest BCUT2D eigenvalue weighted by molar-refractivity contribution is 6.36. The first kappa shape index (κ1) is 12.2. The van der Waals surface area contributed by atoms with Gasteiger partial charge in [-0.3, -0.25) is 9.59 Å². The SMILES string of the molecule is NC(=O)C1(C(N)=O)CC1c1c(Cl)cccc1Cl. The first-order valence-corrected chi connectivity index (χ1v) is 5.70. The first-order valence-electron chi connectivity index (χ1n) is 4.95. The number of hydrogen-bond acceptors (Lipinski definition) is 2. The summed E-state index contributed by atoms with van der Waals surface area (Å²) in [5, 5.41) is 0.818. The highest BCUT2D eigenvalue weighted by Gasteiger charge is 2.65. The van der Waals surface area contributed by atoms with Gasteiger partial charge in [-0.2, -0.15) is 0 Å². The standard InChI is InChI=1S/C11H10Cl2N2O2/c12-6-2-1-3-7(13)8(6)5-4-11(5,9(14)16)10(15)17/h1-3,5H,4H2,(H2,14,16)(H2,15,17). The summed E-state index contributed by atoms with van der Waals surface area (Å²) in [4.78, 5) is 22.7. The highest BCUT2D eigenvalue weighted by atomic mass is 35.5. The van der Waals surface area contributed by atoms with Gasteiger partial charge in [-0.1, -0.05) is 29.3 Å². The molecular formula is C11H10Cl2N2O2. The van der Waals surface area contributed by atoms with E-state index in [2.05, 4.69) is 0 Å². The van der Waals surface area contributed by atoms with Gasteiger partial charge < -0.3 is 11.5 Å². The average molecular weight is 273 g/mol. The number of hydrogen-bond donors (Lipinski definition) is 2. The van der Waals surface area contributed by atoms with E-state index in [0.29, 0.717) is 15.6 Å². The smallest absolute Gasteiger partial charge is 0.233 e. The molecule has 1 aromatic carbocycles. The summed E-state index contributed by atoms with van der Waals surface area (Å²) < 4.78 is 0. The highest BCUT2D eigenvalue weighted by Crippen LogP contribution is 2.61. The van der Waals surface area contributed by atoms with Crippen molar-refractivity contribution in [3.8, 4) is 0 Å². The van der Waals surface area contributed by atoms with E-state index in [1.807, 2.05) is 0 Å². The van der Waals surface area contributed by atoms with Crippen molar-refractivity contribution in [1.29, 1.82) is 0 Å². The lowest BCUT2D eigenvalue weighted by atomic mass is 9.97. The number of primary amides is 2. The molecule has 0 bridgehead atoms. The monoisotopic (exact) mass is 272 g/mol. The molecule has 90 valence electrons. The molecule has 1 fully saturated rings. The summed E-state index contributed by atoms with van der Waals surface area (Å²) in [5.41, 5.74) is 9.70. The Kier molecular flexibility index (Phi) is 2.79. The molecule has 0 aromatic heterocycles. The molecule has 2 amide bonds. The molecule has 17 heavy (non-hydrogen) atoms. The second-order valence-electron chi connectivity index (χ2n) is 4.09. The van der Waals surface area contributed by atoms with Crippen molar-refractivity contribution in [2.45, 2.75) is 12.3 Å². The quantitative estimate of drug-likeness (QED) is 0.816. The second kappa shape index (κ2) is 3.89. The molecule has 0 aliphatic heterocycles. The number of benzene rings is 1. The lowest BCUT2D eigenvalue weighted by Crippen LogP contribution is -2.38. The number of amides is 2. The minimum Gasteiger partial charge on any atom is -0.369 e. The van der Waals surface area contributed by atoms with Crippen molar-refractivity contribution in [1.82, 2.24) is 0 Å². The predicted molar refractivity (Wildman–Crippen MR) is 64.6 cm³/mol. The molecule has 1 unspecified atom stereocenters. The maximum absolute atomic E-state index is 11.4. The number of nitrogens with two attached hydrogens (primary N) is 2. The summed E-state index contributed by atoms with van der Waals surface area (Å²) in [6.07, 6.45) is 0.265. The van der Waals surface area contributed by atoms with Gasteiger partial charge in [-0.15, -0.1) is 0 Å². The summed E-state index contributed by atoms with van der Waals surface area (Å²) in [6, 6.07) is 4.98. The van der Waals surface area contributed by atoms with Crippen molar-refractivity contribution in [3.05, 3.63) is 33.8 Å². The summed E-state index contributed by atoms with van der Waals surface area (Å²) in [5.74, 6) is -1.88. The van der Waals surface area contributed by atoms with Crippen molar-refractivity contribution in [3.63, 3.8) is 0 Å². The maximum Gasteiger partial charge on any atom is 0.233 e. The third kappa shape index (κ3) is 1.68. The molecular weight excluding hydrogens is 263 g/mol. The molecule has 1 aliphatic rings. The third-order valence-corrected chi connectivity index (χ3v) is 3.85. The van der Waals surface area contributed by atoms with E-state index in [1.165, 1.54) is 0 Å². The van der Waals surface area contributed by atoms with E-state index in [1.54, 1.807) is 18.2 Å². The van der Waals surface area contributed by atoms with Gasteiger partial charge in [0.1, 0.15) is 5.41 Å². The van der Waals surface area contributed by atoms with Crippen molar-refractivity contribution < 1.29 is 9.59 Å². The Morgan fingerprint density at radius 3 is 2.00 bits per heavy atom. The molecule has 1 aliphatic carbocycles. The second-order valence-corrected chi connectivity index (χ2v) is 4.91. The van der Waals surface area contributed by atoms with E-state index in [9.17, 15) is 9.59 Å². The fourth-order valence-electron chi connectivity index (χ4n) is 2.12. The first-order chi connectivity index (χ1) is 7.91. The Morgan fingerprint density at radius 2 is 1.65 bits per heavy atom. The lowest BCUT2D eigenvalue weighted by Gasteiger charge is -2.11. The molecule has 1 atom stereocenters. The van der Waals surface area contributed by atoms with Crippen LogP contribution in [0.4, 0.5) is 0 Å². The predicted octanol–water partition coefficient (Wildman–Crippen LogP) is 1.44. The van der Waals surface area contributed by atoms with Crippen molar-refractivity contribution in [2.75, 3.05) is 0 Å². The van der Waals surface area contributed by atoms with E-state index in [4.69, 9.17) is 34.7 Å². The van der Waals surface area contributed by atoms with E-state index in [0.717, 1.165) is 0 Å². The van der Waals surface area contributed by atoms with Crippen LogP contribution in [0.3, 0.4) is 0 Å². The molecule has 0 heterocycles. The number of carbonyl (C=O) groups is 2. The van der Waals surface area contributed by atoms with Gasteiger partial charge >= 0.3 is 0 Å². The van der Waals surface area contributed by atoms with E-state index in [-0.39, 0.29) is 6.42 Å². The molecule has 0 saturated heterocycles. The summed E-state index contributed by atoms with van der Waals surface area (Å²) >= 11 is 12.0. The minimum absolute atomic E-state index is 0.265. The Balaban J connectivity index is 2.46. The van der Waals surface area contributed by atoms with Gasteiger partial charge in [0.05, 0.1) is 0 Å². The number of carbonyl (C=O) groups excluding carboxylic acids is 2. The van der Waals surface area contributed by atoms with Crippen LogP contribution in [0.15, 0.2) is 18.2 Å². The van der Waals surface area contributed by atoms with E-state index >= 15 is 0 Å². The molecule has 0 radical (unpaired) electrons. The van der Waals surface area contributed by atoms with Crippen LogP contribution in [0.1, 0.15) is 17.9 Å². The van der Waals surface area contributed by atoms with Crippen molar-refractivity contribution in [2.24, 2.45) is 16.9 Å². The maximum atomic E-state index is 11.4. The van der Waals surface area contributed by atoms with Crippen LogP contribution < -0.4 is 11.5 Å². The lowest BCUT2D eigenvalue weighted by molar-refractivity contribution is -0.133. The summed E-state index contributed by atoms with van der Waals surface area (Å²) in [7, 11) is 0. The van der Waals surface area contributed by atoms with Crippen LogP contribution >= 0.6 is 23.2 Å². The Morgan fingerprint density at radius 1 is 1.18 bits per heavy atom. The molecule has 0 spiro atoms. The molecule has 6 heteroatoms. The van der Waals surface area contributed by atoms with Gasteiger partial charge in [0, 0.05) is 16.0 Å². The van der Waals surface area contributed by atoms with Gasteiger partial charge in [-0.05, 0) is 24.1 Å². The van der Waals surface area contributed by atoms with Gasteiger partial charge in [0.25, 0.3) is 0 Å². The van der Waals surface area contributed by atoms with Crippen LogP contribution in [0.5, 0.6) is 0 Å². The molecule has 4 nitrogen and oxygen atoms in total. The van der Waals surface area contributed by atoms with E-state index < -0.39 is 23.1 Å². The largest absolute Gasteiger partial charge is 0.369 e. The van der Waals surface area contributed by atoms with Crippen LogP contribution in [0.2, 0.25) is 10.0 Å². The number of halogens is 2. The van der Waals surface area contributed by atoms with Gasteiger partial charge in [0.15, 0.2) is 0 Å². The fourth-order valence-corrected chi connectivity index (χ4v) is 2.78. The zero-order valence-corrected chi connectivity index (χ0v) is 10.3. The van der Waals surface area contributed by atoms with Gasteiger partial charge in [-0.25, -0.2) is 0 Å². The third-order valence-electron chi connectivity index (χ3n) is 3.19. The Hall–Kier alpha value is -1.26. The Bertz CT molecular complexity index is 482. The molecule has 4 N–H and O–H groups in total. The topological polar surface area (TPSA) is 86.2 Å². The molecule has 2 rings (SSSR count). The van der Waals surface area contributed by atoms with Crippen LogP contribution in [0.25, 0.3) is 0 Å². The zero-order chi connectivity index (χ0) is 12.8. The van der Waals surface area contributed by atoms with Crippen LogP contribution in [-0.4, -0.2) is 11.8 Å².